The van der Waals surface area contributed by atoms with Crippen molar-refractivity contribution in [3.05, 3.63) is 35.1 Å². The SMILES string of the molecule is NC1(C(=O)O)C(Cc2ccc(F)c(F)c2F)CC2C(C(=O)O)C21. The van der Waals surface area contributed by atoms with Gasteiger partial charge >= 0.3 is 11.9 Å². The number of carbonyl (C=O) groups is 2. The molecule has 0 amide bonds. The molecule has 0 radical (unpaired) electrons. The molecule has 0 aliphatic heterocycles. The van der Waals surface area contributed by atoms with Gasteiger partial charge in [0, 0.05) is 5.92 Å². The number of rotatable bonds is 4. The molecule has 0 aromatic heterocycles. The van der Waals surface area contributed by atoms with Crippen molar-refractivity contribution < 1.29 is 33.0 Å². The van der Waals surface area contributed by atoms with Crippen LogP contribution < -0.4 is 5.73 Å². The molecule has 0 spiro atoms. The van der Waals surface area contributed by atoms with Gasteiger partial charge in [0.1, 0.15) is 5.54 Å². The van der Waals surface area contributed by atoms with Gasteiger partial charge < -0.3 is 15.9 Å². The average molecular weight is 329 g/mol. The van der Waals surface area contributed by atoms with Gasteiger partial charge in [-0.05, 0) is 36.3 Å². The summed E-state index contributed by atoms with van der Waals surface area (Å²) < 4.78 is 40.0. The topological polar surface area (TPSA) is 101 Å². The van der Waals surface area contributed by atoms with E-state index in [4.69, 9.17) is 10.8 Å². The minimum absolute atomic E-state index is 0.168. The first kappa shape index (κ1) is 15.8. The molecule has 5 unspecified atom stereocenters. The standard InChI is InChI=1S/C15H14F3NO4/c16-8-2-1-5(11(17)12(8)18)3-6-4-7-9(13(20)21)10(7)15(6,19)14(22)23/h1-2,6-7,9-10H,3-4,19H2,(H,20,21)(H,22,23). The summed E-state index contributed by atoms with van der Waals surface area (Å²) in [4.78, 5) is 22.7. The normalized spacial score (nSPS) is 35.0. The van der Waals surface area contributed by atoms with Gasteiger partial charge in [-0.3, -0.25) is 9.59 Å². The number of fused-ring (bicyclic) bond motifs is 1. The van der Waals surface area contributed by atoms with Crippen molar-refractivity contribution in [3.8, 4) is 0 Å². The smallest absolute Gasteiger partial charge is 0.324 e. The molecule has 8 heteroatoms. The van der Waals surface area contributed by atoms with Gasteiger partial charge in [-0.2, -0.15) is 0 Å². The Morgan fingerprint density at radius 1 is 1.22 bits per heavy atom. The van der Waals surface area contributed by atoms with E-state index in [1.807, 2.05) is 0 Å². The van der Waals surface area contributed by atoms with E-state index in [2.05, 4.69) is 0 Å². The molecule has 2 aliphatic rings. The summed E-state index contributed by atoms with van der Waals surface area (Å²) >= 11 is 0. The summed E-state index contributed by atoms with van der Waals surface area (Å²) in [5, 5.41) is 18.5. The Morgan fingerprint density at radius 2 is 1.87 bits per heavy atom. The number of hydrogen-bond acceptors (Lipinski definition) is 3. The van der Waals surface area contributed by atoms with Crippen molar-refractivity contribution in [1.29, 1.82) is 0 Å². The number of halogens is 3. The highest BCUT2D eigenvalue weighted by Crippen LogP contribution is 2.64. The second kappa shape index (κ2) is 4.95. The van der Waals surface area contributed by atoms with E-state index in [1.165, 1.54) is 0 Å². The molecular formula is C15H14F3NO4. The van der Waals surface area contributed by atoms with Crippen LogP contribution in [-0.4, -0.2) is 27.7 Å². The molecule has 23 heavy (non-hydrogen) atoms. The lowest BCUT2D eigenvalue weighted by Gasteiger charge is -2.31. The third-order valence-corrected chi connectivity index (χ3v) is 5.19. The van der Waals surface area contributed by atoms with E-state index in [1.54, 1.807) is 0 Å². The lowest BCUT2D eigenvalue weighted by molar-refractivity contribution is -0.147. The van der Waals surface area contributed by atoms with E-state index in [0.29, 0.717) is 0 Å². The first-order valence-electron chi connectivity index (χ1n) is 7.07. The number of carboxylic acid groups (broad SMARTS) is 2. The van der Waals surface area contributed by atoms with Crippen LogP contribution in [0.25, 0.3) is 0 Å². The predicted octanol–water partition coefficient (Wildman–Crippen LogP) is 1.40. The van der Waals surface area contributed by atoms with Crippen LogP contribution in [0, 0.1) is 41.1 Å². The fraction of sp³-hybridized carbons (Fsp3) is 0.467. The summed E-state index contributed by atoms with van der Waals surface area (Å²) in [6.07, 6.45) is 0.00798. The minimum Gasteiger partial charge on any atom is -0.481 e. The molecule has 0 saturated heterocycles. The Bertz CT molecular complexity index is 710. The number of carboxylic acids is 2. The maximum atomic E-state index is 13.8. The second-order valence-corrected chi connectivity index (χ2v) is 6.26. The first-order valence-corrected chi connectivity index (χ1v) is 7.07. The van der Waals surface area contributed by atoms with Crippen LogP contribution in [0.5, 0.6) is 0 Å². The molecule has 1 aromatic rings. The number of nitrogens with two attached hydrogens (primary N) is 1. The van der Waals surface area contributed by atoms with Crippen LogP contribution in [-0.2, 0) is 16.0 Å². The third kappa shape index (κ3) is 2.12. The maximum Gasteiger partial charge on any atom is 0.324 e. The Morgan fingerprint density at radius 3 is 2.43 bits per heavy atom. The highest BCUT2D eigenvalue weighted by molar-refractivity contribution is 5.85. The Balaban J connectivity index is 1.89. The van der Waals surface area contributed by atoms with Crippen molar-refractivity contribution in [2.75, 3.05) is 0 Å². The summed E-state index contributed by atoms with van der Waals surface area (Å²) in [7, 11) is 0. The third-order valence-electron chi connectivity index (χ3n) is 5.19. The number of hydrogen-bond donors (Lipinski definition) is 3. The zero-order valence-corrected chi connectivity index (χ0v) is 11.8. The quantitative estimate of drug-likeness (QED) is 0.725. The summed E-state index contributed by atoms with van der Waals surface area (Å²) in [5.41, 5.74) is 3.99. The maximum absolute atomic E-state index is 13.8. The first-order chi connectivity index (χ1) is 10.7. The summed E-state index contributed by atoms with van der Waals surface area (Å²) in [5.74, 6) is -9.45. The van der Waals surface area contributed by atoms with Gasteiger partial charge in [0.15, 0.2) is 17.5 Å². The number of aliphatic carboxylic acids is 2. The molecule has 3 rings (SSSR count). The molecule has 2 aliphatic carbocycles. The van der Waals surface area contributed by atoms with E-state index in [-0.39, 0.29) is 24.3 Å². The molecule has 1 aromatic carbocycles. The Kier molecular flexibility index (Phi) is 3.40. The molecule has 2 saturated carbocycles. The van der Waals surface area contributed by atoms with Gasteiger partial charge in [-0.25, -0.2) is 13.2 Å². The van der Waals surface area contributed by atoms with E-state index < -0.39 is 52.7 Å². The van der Waals surface area contributed by atoms with Gasteiger partial charge in [-0.15, -0.1) is 0 Å². The fourth-order valence-corrected chi connectivity index (χ4v) is 4.01. The molecule has 5 atom stereocenters. The van der Waals surface area contributed by atoms with Crippen LogP contribution in [0.3, 0.4) is 0 Å². The monoisotopic (exact) mass is 329 g/mol. The Hall–Kier alpha value is -2.09. The van der Waals surface area contributed by atoms with Crippen molar-refractivity contribution in [3.63, 3.8) is 0 Å². The van der Waals surface area contributed by atoms with Crippen molar-refractivity contribution in [2.45, 2.75) is 18.4 Å². The Labute approximate surface area is 128 Å². The second-order valence-electron chi connectivity index (χ2n) is 6.26. The average Bonchev–Trinajstić information content (AvgIpc) is 3.13. The van der Waals surface area contributed by atoms with Crippen LogP contribution >= 0.6 is 0 Å². The summed E-state index contributed by atoms with van der Waals surface area (Å²) in [6, 6.07) is 1.82. The van der Waals surface area contributed by atoms with Gasteiger partial charge in [0.2, 0.25) is 0 Å². The summed E-state index contributed by atoms with van der Waals surface area (Å²) in [6.45, 7) is 0. The molecular weight excluding hydrogens is 315 g/mol. The van der Waals surface area contributed by atoms with Crippen LogP contribution in [0.15, 0.2) is 12.1 Å². The fourth-order valence-electron chi connectivity index (χ4n) is 4.01. The van der Waals surface area contributed by atoms with Gasteiger partial charge in [0.05, 0.1) is 5.92 Å². The zero-order valence-electron chi connectivity index (χ0n) is 11.8. The zero-order chi connectivity index (χ0) is 17.1. The molecule has 2 fully saturated rings. The van der Waals surface area contributed by atoms with E-state index in [0.717, 1.165) is 12.1 Å². The van der Waals surface area contributed by atoms with Gasteiger partial charge in [-0.1, -0.05) is 6.07 Å². The number of benzene rings is 1. The van der Waals surface area contributed by atoms with Crippen molar-refractivity contribution in [1.82, 2.24) is 0 Å². The predicted molar refractivity (Wildman–Crippen MR) is 70.8 cm³/mol. The molecule has 5 nitrogen and oxygen atoms in total. The highest BCUT2D eigenvalue weighted by atomic mass is 19.2. The van der Waals surface area contributed by atoms with Crippen molar-refractivity contribution in [2.24, 2.45) is 29.4 Å². The largest absolute Gasteiger partial charge is 0.481 e. The molecule has 124 valence electrons. The van der Waals surface area contributed by atoms with E-state index >= 15 is 0 Å². The van der Waals surface area contributed by atoms with Crippen molar-refractivity contribution >= 4 is 11.9 Å². The van der Waals surface area contributed by atoms with E-state index in [9.17, 15) is 27.9 Å². The lowest BCUT2D eigenvalue weighted by Crippen LogP contribution is -2.55. The van der Waals surface area contributed by atoms with Gasteiger partial charge in [0.25, 0.3) is 0 Å². The molecule has 0 heterocycles. The van der Waals surface area contributed by atoms with Crippen LogP contribution in [0.4, 0.5) is 13.2 Å². The minimum atomic E-state index is -1.81. The lowest BCUT2D eigenvalue weighted by atomic mass is 9.78. The van der Waals surface area contributed by atoms with Crippen LogP contribution in [0.2, 0.25) is 0 Å². The molecule has 4 N–H and O–H groups in total. The highest BCUT2D eigenvalue weighted by Gasteiger charge is 2.73. The van der Waals surface area contributed by atoms with Crippen LogP contribution in [0.1, 0.15) is 12.0 Å². The molecule has 0 bridgehead atoms.